The van der Waals surface area contributed by atoms with Crippen molar-refractivity contribution in [1.82, 2.24) is 15.0 Å². The highest BCUT2D eigenvalue weighted by atomic mass is 16.5. The minimum Gasteiger partial charge on any atom is -0.466 e. The standard InChI is InChI=1S/C24H29N5O4/c1-7-28(8-2)17-9-10-22(16(4)11-17)29-26-19-12-15(3)18(13-20(19)27-29)25-21(24(31)33-6)14-23(30)32-5/h9-14,25H,7-8H2,1-6H3/b21-14+. The molecule has 3 aromatic rings. The van der Waals surface area contributed by atoms with Gasteiger partial charge in [0, 0.05) is 24.5 Å². The predicted molar refractivity (Wildman–Crippen MR) is 128 cm³/mol. The summed E-state index contributed by atoms with van der Waals surface area (Å²) in [6.45, 7) is 10.0. The average molecular weight is 452 g/mol. The van der Waals surface area contributed by atoms with Gasteiger partial charge in [0.2, 0.25) is 0 Å². The van der Waals surface area contributed by atoms with E-state index in [4.69, 9.17) is 4.74 Å². The van der Waals surface area contributed by atoms with Crippen LogP contribution in [0.2, 0.25) is 0 Å². The van der Waals surface area contributed by atoms with E-state index in [-0.39, 0.29) is 5.70 Å². The van der Waals surface area contributed by atoms with Crippen LogP contribution in [0.4, 0.5) is 11.4 Å². The molecule has 0 saturated carbocycles. The molecule has 3 rings (SSSR count). The summed E-state index contributed by atoms with van der Waals surface area (Å²) in [6.07, 6.45) is 1.05. The van der Waals surface area contributed by atoms with Crippen LogP contribution in [0.1, 0.15) is 25.0 Å². The van der Waals surface area contributed by atoms with Crippen molar-refractivity contribution in [1.29, 1.82) is 0 Å². The maximum atomic E-state index is 12.1. The van der Waals surface area contributed by atoms with Gasteiger partial charge in [-0.3, -0.25) is 0 Å². The molecule has 0 spiro atoms. The van der Waals surface area contributed by atoms with Gasteiger partial charge in [0.15, 0.2) is 0 Å². The number of esters is 2. The number of anilines is 2. The number of carbonyl (C=O) groups excluding carboxylic acids is 2. The number of hydrogen-bond acceptors (Lipinski definition) is 8. The van der Waals surface area contributed by atoms with Crippen LogP contribution in [0.5, 0.6) is 0 Å². The van der Waals surface area contributed by atoms with Crippen molar-refractivity contribution in [2.45, 2.75) is 27.7 Å². The Morgan fingerprint density at radius 3 is 2.24 bits per heavy atom. The molecule has 0 aliphatic carbocycles. The Bertz CT molecular complexity index is 1210. The fraction of sp³-hybridized carbons (Fsp3) is 0.333. The molecular formula is C24H29N5O4. The van der Waals surface area contributed by atoms with Gasteiger partial charge in [-0.05, 0) is 69.2 Å². The number of methoxy groups -OCH3 is 2. The molecule has 2 aromatic carbocycles. The molecule has 1 heterocycles. The Morgan fingerprint density at radius 1 is 1.00 bits per heavy atom. The van der Waals surface area contributed by atoms with Gasteiger partial charge in [0.05, 0.1) is 26.0 Å². The largest absolute Gasteiger partial charge is 0.466 e. The van der Waals surface area contributed by atoms with Gasteiger partial charge in [-0.2, -0.15) is 4.80 Å². The molecule has 0 aliphatic rings. The first-order valence-electron chi connectivity index (χ1n) is 10.7. The lowest BCUT2D eigenvalue weighted by Crippen LogP contribution is -2.21. The average Bonchev–Trinajstić information content (AvgIpc) is 3.21. The summed E-state index contributed by atoms with van der Waals surface area (Å²) in [6, 6.07) is 9.87. The second kappa shape index (κ2) is 10.2. The fourth-order valence-electron chi connectivity index (χ4n) is 3.54. The molecule has 0 atom stereocenters. The summed E-state index contributed by atoms with van der Waals surface area (Å²) in [5.74, 6) is -1.36. The summed E-state index contributed by atoms with van der Waals surface area (Å²) in [5.41, 5.74) is 5.83. The van der Waals surface area contributed by atoms with Crippen molar-refractivity contribution >= 4 is 34.3 Å². The molecule has 0 fully saturated rings. The zero-order valence-corrected chi connectivity index (χ0v) is 19.8. The SMILES string of the molecule is CCN(CC)c1ccc(-n2nc3cc(C)c(N/C(=C/C(=O)OC)C(=O)OC)cc3n2)c(C)c1. The van der Waals surface area contributed by atoms with Crippen molar-refractivity contribution in [2.75, 3.05) is 37.5 Å². The summed E-state index contributed by atoms with van der Waals surface area (Å²) >= 11 is 0. The Labute approximate surface area is 193 Å². The zero-order chi connectivity index (χ0) is 24.1. The molecule has 33 heavy (non-hydrogen) atoms. The molecule has 0 amide bonds. The number of ether oxygens (including phenoxy) is 2. The van der Waals surface area contributed by atoms with E-state index < -0.39 is 11.9 Å². The van der Waals surface area contributed by atoms with Crippen LogP contribution < -0.4 is 10.2 Å². The summed E-state index contributed by atoms with van der Waals surface area (Å²) in [5, 5.41) is 12.2. The van der Waals surface area contributed by atoms with Gasteiger partial charge in [0.1, 0.15) is 16.7 Å². The van der Waals surface area contributed by atoms with E-state index in [1.807, 2.05) is 26.0 Å². The summed E-state index contributed by atoms with van der Waals surface area (Å²) < 4.78 is 9.38. The van der Waals surface area contributed by atoms with Crippen molar-refractivity contribution in [3.63, 3.8) is 0 Å². The molecule has 0 unspecified atom stereocenters. The molecule has 174 valence electrons. The highest BCUT2D eigenvalue weighted by Crippen LogP contribution is 2.26. The van der Waals surface area contributed by atoms with Crippen LogP contribution in [-0.4, -0.2) is 54.2 Å². The molecule has 0 saturated heterocycles. The van der Waals surface area contributed by atoms with Crippen LogP contribution in [0.3, 0.4) is 0 Å². The second-order valence-corrected chi connectivity index (χ2v) is 7.49. The lowest BCUT2D eigenvalue weighted by molar-refractivity contribution is -0.138. The molecule has 1 aromatic heterocycles. The quantitative estimate of drug-likeness (QED) is 0.410. The topological polar surface area (TPSA) is 98.6 Å². The molecule has 1 N–H and O–H groups in total. The number of benzene rings is 2. The molecule has 0 bridgehead atoms. The van der Waals surface area contributed by atoms with E-state index in [0.717, 1.165) is 41.7 Å². The van der Waals surface area contributed by atoms with E-state index in [0.29, 0.717) is 16.7 Å². The Hall–Kier alpha value is -3.88. The second-order valence-electron chi connectivity index (χ2n) is 7.49. The molecule has 9 nitrogen and oxygen atoms in total. The van der Waals surface area contributed by atoms with Gasteiger partial charge in [-0.15, -0.1) is 10.2 Å². The van der Waals surface area contributed by atoms with Crippen LogP contribution >= 0.6 is 0 Å². The zero-order valence-electron chi connectivity index (χ0n) is 19.8. The number of aromatic nitrogens is 3. The summed E-state index contributed by atoms with van der Waals surface area (Å²) in [7, 11) is 2.48. The molecule has 0 aliphatic heterocycles. The highest BCUT2D eigenvalue weighted by Gasteiger charge is 2.16. The Balaban J connectivity index is 1.98. The Morgan fingerprint density at radius 2 is 1.67 bits per heavy atom. The monoisotopic (exact) mass is 451 g/mol. The van der Waals surface area contributed by atoms with Crippen LogP contribution in [0, 0.1) is 13.8 Å². The lowest BCUT2D eigenvalue weighted by atomic mass is 10.1. The van der Waals surface area contributed by atoms with Crippen molar-refractivity contribution in [3.8, 4) is 5.69 Å². The number of hydrogen-bond donors (Lipinski definition) is 1. The number of rotatable bonds is 8. The van der Waals surface area contributed by atoms with Gasteiger partial charge < -0.3 is 19.7 Å². The highest BCUT2D eigenvalue weighted by molar-refractivity contribution is 5.99. The summed E-state index contributed by atoms with van der Waals surface area (Å²) in [4.78, 5) is 27.6. The molecular weight excluding hydrogens is 422 g/mol. The van der Waals surface area contributed by atoms with Crippen LogP contribution in [-0.2, 0) is 19.1 Å². The fourth-order valence-corrected chi connectivity index (χ4v) is 3.54. The van der Waals surface area contributed by atoms with E-state index in [9.17, 15) is 9.59 Å². The van der Waals surface area contributed by atoms with E-state index >= 15 is 0 Å². The lowest BCUT2D eigenvalue weighted by Gasteiger charge is -2.22. The number of nitrogens with one attached hydrogen (secondary N) is 1. The van der Waals surface area contributed by atoms with Crippen LogP contribution in [0.15, 0.2) is 42.1 Å². The third-order valence-electron chi connectivity index (χ3n) is 5.39. The van der Waals surface area contributed by atoms with Crippen molar-refractivity contribution in [2.24, 2.45) is 0 Å². The number of nitrogens with zero attached hydrogens (tertiary/aromatic N) is 4. The number of fused-ring (bicyclic) bond motifs is 1. The minimum atomic E-state index is -0.688. The van der Waals surface area contributed by atoms with E-state index in [1.54, 1.807) is 10.9 Å². The van der Waals surface area contributed by atoms with Gasteiger partial charge >= 0.3 is 11.9 Å². The van der Waals surface area contributed by atoms with Gasteiger partial charge in [0.25, 0.3) is 0 Å². The molecule has 9 heteroatoms. The van der Waals surface area contributed by atoms with Crippen LogP contribution in [0.25, 0.3) is 16.7 Å². The first kappa shape index (κ1) is 23.8. The first-order chi connectivity index (χ1) is 15.8. The van der Waals surface area contributed by atoms with E-state index in [1.165, 1.54) is 14.2 Å². The first-order valence-corrected chi connectivity index (χ1v) is 10.7. The maximum absolute atomic E-state index is 12.1. The number of aryl methyl sites for hydroxylation is 2. The molecule has 0 radical (unpaired) electrons. The third kappa shape index (κ3) is 5.14. The van der Waals surface area contributed by atoms with Crippen molar-refractivity contribution in [3.05, 3.63) is 53.2 Å². The third-order valence-corrected chi connectivity index (χ3v) is 5.39. The Kier molecular flexibility index (Phi) is 7.32. The van der Waals surface area contributed by atoms with Gasteiger partial charge in [-0.1, -0.05) is 0 Å². The number of carbonyl (C=O) groups is 2. The minimum absolute atomic E-state index is 0.0398. The van der Waals surface area contributed by atoms with Gasteiger partial charge in [-0.25, -0.2) is 9.59 Å². The van der Waals surface area contributed by atoms with E-state index in [2.05, 4.69) is 51.1 Å². The maximum Gasteiger partial charge on any atom is 0.354 e. The normalized spacial score (nSPS) is 11.4. The van der Waals surface area contributed by atoms with Crippen molar-refractivity contribution < 1.29 is 19.1 Å². The predicted octanol–water partition coefficient (Wildman–Crippen LogP) is 3.53. The smallest absolute Gasteiger partial charge is 0.354 e.